The van der Waals surface area contributed by atoms with Crippen molar-refractivity contribution < 1.29 is 14.3 Å². The van der Waals surface area contributed by atoms with Crippen LogP contribution < -0.4 is 15.0 Å². The highest BCUT2D eigenvalue weighted by Gasteiger charge is 2.22. The molecular formula is C27H29N3O3. The van der Waals surface area contributed by atoms with Crippen molar-refractivity contribution in [3.8, 4) is 5.75 Å². The van der Waals surface area contributed by atoms with E-state index in [0.29, 0.717) is 5.75 Å². The number of ether oxygens (including phenoxy) is 2. The van der Waals surface area contributed by atoms with Crippen molar-refractivity contribution in [3.05, 3.63) is 71.8 Å². The molecule has 0 aliphatic carbocycles. The van der Waals surface area contributed by atoms with Crippen molar-refractivity contribution in [3.63, 3.8) is 0 Å². The van der Waals surface area contributed by atoms with Crippen LogP contribution in [0.5, 0.6) is 5.75 Å². The number of carbonyl (C=O) groups excluding carboxylic acids is 1. The molecule has 0 spiro atoms. The normalized spacial score (nSPS) is 11.1. The Kier molecular flexibility index (Phi) is 6.36. The number of nitrogens with one attached hydrogen (secondary N) is 1. The van der Waals surface area contributed by atoms with E-state index in [2.05, 4.69) is 36.5 Å². The number of alkyl carbamates (subject to hydrolysis) is 1. The van der Waals surface area contributed by atoms with E-state index in [1.165, 1.54) is 0 Å². The van der Waals surface area contributed by atoms with Gasteiger partial charge in [0, 0.05) is 22.5 Å². The number of benzene rings is 3. The Balaban J connectivity index is 1.93. The third kappa shape index (κ3) is 4.70. The molecule has 6 heteroatoms. The molecule has 0 bridgehead atoms. The molecule has 0 saturated heterocycles. The zero-order chi connectivity index (χ0) is 23.5. The molecule has 4 rings (SSSR count). The molecule has 1 N–H and O–H groups in total. The summed E-state index contributed by atoms with van der Waals surface area (Å²) in [6.07, 6.45) is -0.471. The minimum absolute atomic E-state index is 0.0173. The van der Waals surface area contributed by atoms with E-state index in [1.807, 2.05) is 62.1 Å². The Morgan fingerprint density at radius 1 is 1.03 bits per heavy atom. The molecule has 0 aliphatic rings. The Bertz CT molecular complexity index is 1300. The fourth-order valence-corrected chi connectivity index (χ4v) is 3.97. The number of anilines is 2. The number of carbonyl (C=O) groups is 1. The molecule has 0 unspecified atom stereocenters. The molecule has 1 heterocycles. The molecule has 0 aliphatic heterocycles. The number of nitrogens with zero attached hydrogens (tertiary/aromatic N) is 2. The van der Waals surface area contributed by atoms with Gasteiger partial charge in [0.2, 0.25) is 0 Å². The van der Waals surface area contributed by atoms with Gasteiger partial charge in [-0.05, 0) is 69.2 Å². The van der Waals surface area contributed by atoms with Crippen molar-refractivity contribution in [2.45, 2.75) is 33.7 Å². The molecule has 1 amide bonds. The number of pyridine rings is 1. The number of aryl methyl sites for hydroxylation is 2. The number of aromatic nitrogens is 1. The van der Waals surface area contributed by atoms with Gasteiger partial charge in [-0.25, -0.2) is 9.78 Å². The van der Waals surface area contributed by atoms with E-state index < -0.39 is 6.09 Å². The summed E-state index contributed by atoms with van der Waals surface area (Å²) in [6.45, 7) is 7.87. The fraction of sp³-hybridized carbons (Fsp3) is 0.259. The van der Waals surface area contributed by atoms with Gasteiger partial charge in [-0.1, -0.05) is 30.3 Å². The average molecular weight is 444 g/mol. The Hall–Kier alpha value is -3.80. The summed E-state index contributed by atoms with van der Waals surface area (Å²) in [6, 6.07) is 20.2. The van der Waals surface area contributed by atoms with Crippen LogP contribution in [-0.2, 0) is 4.74 Å². The summed E-state index contributed by atoms with van der Waals surface area (Å²) < 4.78 is 11.5. The number of hydrogen-bond donors (Lipinski definition) is 1. The first-order valence-electron chi connectivity index (χ1n) is 11.0. The first kappa shape index (κ1) is 22.4. The van der Waals surface area contributed by atoms with Crippen molar-refractivity contribution in [1.29, 1.82) is 0 Å². The molecule has 1 aromatic heterocycles. The average Bonchev–Trinajstić information content (AvgIpc) is 2.78. The predicted octanol–water partition coefficient (Wildman–Crippen LogP) is 6.24. The Labute approximate surface area is 194 Å². The number of amides is 1. The van der Waals surface area contributed by atoms with Crippen molar-refractivity contribution in [2.24, 2.45) is 0 Å². The quantitative estimate of drug-likeness (QED) is 0.282. The second kappa shape index (κ2) is 9.36. The van der Waals surface area contributed by atoms with Crippen LogP contribution in [0.3, 0.4) is 0 Å². The number of methoxy groups -OCH3 is 1. The molecule has 0 atom stereocenters. The molecule has 170 valence electrons. The van der Waals surface area contributed by atoms with E-state index in [4.69, 9.17) is 14.5 Å². The molecule has 0 fully saturated rings. The maximum Gasteiger partial charge on any atom is 0.409 e. The summed E-state index contributed by atoms with van der Waals surface area (Å²) in [5.41, 5.74) is 5.60. The minimum atomic E-state index is -0.471. The van der Waals surface area contributed by atoms with E-state index in [1.54, 1.807) is 7.11 Å². The SMILES string of the molecule is COc1c(C)cc2nc3cc(C)ccc3cc2c1N(COC(=O)NC(C)C)c1ccccc1. The highest BCUT2D eigenvalue weighted by atomic mass is 16.6. The maximum atomic E-state index is 12.3. The van der Waals surface area contributed by atoms with Crippen LogP contribution in [0.2, 0.25) is 0 Å². The minimum Gasteiger partial charge on any atom is -0.494 e. The van der Waals surface area contributed by atoms with E-state index >= 15 is 0 Å². The van der Waals surface area contributed by atoms with Gasteiger partial charge in [-0.3, -0.25) is 0 Å². The first-order chi connectivity index (χ1) is 15.9. The first-order valence-corrected chi connectivity index (χ1v) is 11.0. The lowest BCUT2D eigenvalue weighted by atomic mass is 10.0. The van der Waals surface area contributed by atoms with Crippen LogP contribution >= 0.6 is 0 Å². The molecule has 4 aromatic rings. The van der Waals surface area contributed by atoms with Gasteiger partial charge in [0.05, 0.1) is 23.8 Å². The Morgan fingerprint density at radius 3 is 2.48 bits per heavy atom. The van der Waals surface area contributed by atoms with Gasteiger partial charge in [-0.2, -0.15) is 0 Å². The largest absolute Gasteiger partial charge is 0.494 e. The number of hydrogen-bond acceptors (Lipinski definition) is 5. The zero-order valence-electron chi connectivity index (χ0n) is 19.7. The van der Waals surface area contributed by atoms with E-state index in [0.717, 1.165) is 44.3 Å². The summed E-state index contributed by atoms with van der Waals surface area (Å²) in [5, 5.41) is 4.73. The van der Waals surface area contributed by atoms with Crippen molar-refractivity contribution >= 4 is 39.3 Å². The standard InChI is InChI=1S/C27H29N3O3/c1-17(2)28-27(31)33-16-30(21-9-7-6-8-10-21)25-22-15-20-12-11-18(3)13-23(20)29-24(22)14-19(4)26(25)32-5/h6-15,17H,16H2,1-5H3,(H,28,31). The second-order valence-corrected chi connectivity index (χ2v) is 8.45. The highest BCUT2D eigenvalue weighted by Crippen LogP contribution is 2.42. The molecule has 0 saturated carbocycles. The summed E-state index contributed by atoms with van der Waals surface area (Å²) in [5.74, 6) is 0.715. The third-order valence-electron chi connectivity index (χ3n) is 5.46. The lowest BCUT2D eigenvalue weighted by Gasteiger charge is -2.28. The predicted molar refractivity (Wildman–Crippen MR) is 133 cm³/mol. The summed E-state index contributed by atoms with van der Waals surface area (Å²) in [4.78, 5) is 19.2. The Morgan fingerprint density at radius 2 is 1.79 bits per heavy atom. The smallest absolute Gasteiger partial charge is 0.409 e. The molecule has 6 nitrogen and oxygen atoms in total. The van der Waals surface area contributed by atoms with Gasteiger partial charge < -0.3 is 19.7 Å². The lowest BCUT2D eigenvalue weighted by Crippen LogP contribution is -2.34. The number of fused-ring (bicyclic) bond motifs is 2. The van der Waals surface area contributed by atoms with Crippen LogP contribution in [0.1, 0.15) is 25.0 Å². The molecule has 3 aromatic carbocycles. The van der Waals surface area contributed by atoms with Crippen LogP contribution in [-0.4, -0.2) is 31.0 Å². The lowest BCUT2D eigenvalue weighted by molar-refractivity contribution is 0.146. The maximum absolute atomic E-state index is 12.3. The van der Waals surface area contributed by atoms with Gasteiger partial charge in [0.1, 0.15) is 5.75 Å². The van der Waals surface area contributed by atoms with Gasteiger partial charge in [0.25, 0.3) is 0 Å². The topological polar surface area (TPSA) is 63.7 Å². The van der Waals surface area contributed by atoms with Crippen molar-refractivity contribution in [2.75, 3.05) is 18.7 Å². The zero-order valence-corrected chi connectivity index (χ0v) is 19.7. The van der Waals surface area contributed by atoms with Gasteiger partial charge in [0.15, 0.2) is 6.73 Å². The van der Waals surface area contributed by atoms with Gasteiger partial charge in [-0.15, -0.1) is 0 Å². The molecule has 0 radical (unpaired) electrons. The van der Waals surface area contributed by atoms with E-state index in [9.17, 15) is 4.79 Å². The third-order valence-corrected chi connectivity index (χ3v) is 5.46. The highest BCUT2D eigenvalue weighted by molar-refractivity contribution is 6.04. The summed E-state index contributed by atoms with van der Waals surface area (Å²) in [7, 11) is 1.66. The van der Waals surface area contributed by atoms with Crippen LogP contribution in [0, 0.1) is 13.8 Å². The molecular weight excluding hydrogens is 414 g/mol. The van der Waals surface area contributed by atoms with Crippen LogP contribution in [0.25, 0.3) is 21.8 Å². The van der Waals surface area contributed by atoms with Crippen molar-refractivity contribution in [1.82, 2.24) is 10.3 Å². The van der Waals surface area contributed by atoms with E-state index in [-0.39, 0.29) is 12.8 Å². The number of rotatable bonds is 6. The van der Waals surface area contributed by atoms with Crippen LogP contribution in [0.4, 0.5) is 16.2 Å². The second-order valence-electron chi connectivity index (χ2n) is 8.45. The number of para-hydroxylation sites is 1. The summed E-state index contributed by atoms with van der Waals surface area (Å²) >= 11 is 0. The van der Waals surface area contributed by atoms with Gasteiger partial charge >= 0.3 is 6.09 Å². The molecule has 33 heavy (non-hydrogen) atoms. The fourth-order valence-electron chi connectivity index (χ4n) is 3.97. The monoisotopic (exact) mass is 443 g/mol. The van der Waals surface area contributed by atoms with Crippen LogP contribution in [0.15, 0.2) is 60.7 Å².